The van der Waals surface area contributed by atoms with Crippen molar-refractivity contribution < 1.29 is 23.8 Å². The van der Waals surface area contributed by atoms with Gasteiger partial charge >= 0.3 is 0 Å². The van der Waals surface area contributed by atoms with Gasteiger partial charge in [0.1, 0.15) is 12.4 Å². The van der Waals surface area contributed by atoms with Gasteiger partial charge in [-0.25, -0.2) is 0 Å². The molecule has 3 heterocycles. The lowest BCUT2D eigenvalue weighted by Gasteiger charge is -2.16. The molecule has 3 aliphatic heterocycles. The zero-order chi connectivity index (χ0) is 23.4. The van der Waals surface area contributed by atoms with Gasteiger partial charge in [0.2, 0.25) is 18.6 Å². The molecule has 33 heavy (non-hydrogen) atoms. The van der Waals surface area contributed by atoms with Gasteiger partial charge in [0.25, 0.3) is 0 Å². The van der Waals surface area contributed by atoms with Crippen LogP contribution in [0.3, 0.4) is 0 Å². The van der Waals surface area contributed by atoms with Gasteiger partial charge in [0.15, 0.2) is 11.5 Å². The van der Waals surface area contributed by atoms with Crippen LogP contribution in [0, 0.1) is 11.8 Å². The summed E-state index contributed by atoms with van der Waals surface area (Å²) < 4.78 is 16.0. The average molecular weight is 451 g/mol. The van der Waals surface area contributed by atoms with Gasteiger partial charge < -0.3 is 24.0 Å². The van der Waals surface area contributed by atoms with Crippen LogP contribution in [-0.4, -0.2) is 38.3 Å². The van der Waals surface area contributed by atoms with E-state index in [9.17, 15) is 9.59 Å². The topological polar surface area (TPSA) is 68.3 Å². The standard InChI is InChI=1S/C13H15NO3.C13H15NO2/c1-8-6-14(13(15)9(8)2)10-3-4-11-12(5-10)17-7-16-11;1-2-10-16-12-7-5-11(6-8-12)14-9-3-4-13(14)15/h3-5,8-9H,6-7H2,1-2H3;2,5-8H,1,3-4,9-10H2/t8-,9+;/m1./s1. The fourth-order valence-corrected chi connectivity index (χ4v) is 4.11. The molecule has 0 spiro atoms. The van der Waals surface area contributed by atoms with Crippen LogP contribution in [0.15, 0.2) is 55.1 Å². The normalized spacial score (nSPS) is 21.2. The van der Waals surface area contributed by atoms with E-state index < -0.39 is 0 Å². The number of anilines is 2. The highest BCUT2D eigenvalue weighted by Crippen LogP contribution is 2.38. The van der Waals surface area contributed by atoms with Crippen molar-refractivity contribution in [2.45, 2.75) is 26.7 Å². The molecule has 7 heteroatoms. The number of carbonyl (C=O) groups excluding carboxylic acids is 2. The van der Waals surface area contributed by atoms with E-state index in [0.29, 0.717) is 18.9 Å². The maximum atomic E-state index is 12.1. The second-order valence-electron chi connectivity index (χ2n) is 8.49. The fourth-order valence-electron chi connectivity index (χ4n) is 4.11. The van der Waals surface area contributed by atoms with Crippen LogP contribution in [0.4, 0.5) is 11.4 Å². The Hall–Kier alpha value is -3.48. The quantitative estimate of drug-likeness (QED) is 0.631. The minimum Gasteiger partial charge on any atom is -0.490 e. The maximum absolute atomic E-state index is 12.1. The second-order valence-corrected chi connectivity index (χ2v) is 8.49. The largest absolute Gasteiger partial charge is 0.490 e. The highest BCUT2D eigenvalue weighted by atomic mass is 16.7. The lowest BCUT2D eigenvalue weighted by molar-refractivity contribution is -0.120. The van der Waals surface area contributed by atoms with Gasteiger partial charge in [0.05, 0.1) is 0 Å². The Morgan fingerprint density at radius 3 is 2.39 bits per heavy atom. The van der Waals surface area contributed by atoms with Gasteiger partial charge in [0, 0.05) is 42.9 Å². The summed E-state index contributed by atoms with van der Waals surface area (Å²) in [5, 5.41) is 0. The van der Waals surface area contributed by atoms with E-state index in [1.807, 2.05) is 59.2 Å². The molecule has 0 aromatic heterocycles. The van der Waals surface area contributed by atoms with Crippen molar-refractivity contribution in [3.63, 3.8) is 0 Å². The maximum Gasteiger partial charge on any atom is 0.231 e. The highest BCUT2D eigenvalue weighted by Gasteiger charge is 2.35. The third-order valence-electron chi connectivity index (χ3n) is 6.24. The summed E-state index contributed by atoms with van der Waals surface area (Å²) in [6.07, 6.45) is 3.32. The lowest BCUT2D eigenvalue weighted by Crippen LogP contribution is -2.25. The Kier molecular flexibility index (Phi) is 6.87. The van der Waals surface area contributed by atoms with E-state index in [0.717, 1.165) is 48.1 Å². The van der Waals surface area contributed by atoms with E-state index in [1.54, 1.807) is 6.08 Å². The minimum absolute atomic E-state index is 0.0976. The first-order chi connectivity index (χ1) is 16.0. The SMILES string of the molecule is C=CCOc1ccc(N2CCCC2=O)cc1.C[C@@H]1CN(c2ccc3c(c2)OCO3)C(=O)[C@H]1C. The number of hydrogen-bond acceptors (Lipinski definition) is 5. The first-order valence-corrected chi connectivity index (χ1v) is 11.3. The molecular weight excluding hydrogens is 420 g/mol. The summed E-state index contributed by atoms with van der Waals surface area (Å²) in [6, 6.07) is 13.2. The van der Waals surface area contributed by atoms with Crippen LogP contribution in [0.2, 0.25) is 0 Å². The van der Waals surface area contributed by atoms with Crippen LogP contribution in [0.25, 0.3) is 0 Å². The van der Waals surface area contributed by atoms with Crippen LogP contribution in [0.5, 0.6) is 17.2 Å². The van der Waals surface area contributed by atoms with Crippen molar-refractivity contribution in [3.05, 3.63) is 55.1 Å². The molecule has 0 unspecified atom stereocenters. The number of fused-ring (bicyclic) bond motifs is 1. The Labute approximate surface area is 194 Å². The van der Waals surface area contributed by atoms with E-state index in [-0.39, 0.29) is 24.5 Å². The molecule has 2 fully saturated rings. The van der Waals surface area contributed by atoms with Crippen molar-refractivity contribution in [1.82, 2.24) is 0 Å². The van der Waals surface area contributed by atoms with Gasteiger partial charge in [-0.15, -0.1) is 0 Å². The molecule has 2 saturated heterocycles. The van der Waals surface area contributed by atoms with Crippen molar-refractivity contribution in [3.8, 4) is 17.2 Å². The van der Waals surface area contributed by atoms with E-state index in [2.05, 4.69) is 13.5 Å². The molecule has 2 aromatic carbocycles. The number of carbonyl (C=O) groups is 2. The smallest absolute Gasteiger partial charge is 0.231 e. The number of ether oxygens (including phenoxy) is 3. The van der Waals surface area contributed by atoms with Crippen LogP contribution >= 0.6 is 0 Å². The first-order valence-electron chi connectivity index (χ1n) is 11.3. The molecule has 2 amide bonds. The predicted molar refractivity (Wildman–Crippen MR) is 127 cm³/mol. The number of amides is 2. The lowest BCUT2D eigenvalue weighted by atomic mass is 10.0. The van der Waals surface area contributed by atoms with Crippen LogP contribution < -0.4 is 24.0 Å². The van der Waals surface area contributed by atoms with Crippen molar-refractivity contribution in [2.24, 2.45) is 11.8 Å². The van der Waals surface area contributed by atoms with E-state index >= 15 is 0 Å². The zero-order valence-electron chi connectivity index (χ0n) is 19.2. The number of hydrogen-bond donors (Lipinski definition) is 0. The zero-order valence-corrected chi connectivity index (χ0v) is 19.2. The Balaban J connectivity index is 0.000000157. The summed E-state index contributed by atoms with van der Waals surface area (Å²) in [4.78, 5) is 27.2. The van der Waals surface area contributed by atoms with Crippen LogP contribution in [-0.2, 0) is 9.59 Å². The van der Waals surface area contributed by atoms with Gasteiger partial charge in [-0.2, -0.15) is 0 Å². The molecule has 0 radical (unpaired) electrons. The number of rotatable bonds is 5. The van der Waals surface area contributed by atoms with E-state index in [4.69, 9.17) is 14.2 Å². The first kappa shape index (κ1) is 22.7. The summed E-state index contributed by atoms with van der Waals surface area (Å²) in [6.45, 7) is 10.0. The van der Waals surface area contributed by atoms with Crippen molar-refractivity contribution in [1.29, 1.82) is 0 Å². The minimum atomic E-state index is 0.0976. The van der Waals surface area contributed by atoms with Crippen LogP contribution in [0.1, 0.15) is 26.7 Å². The molecule has 7 nitrogen and oxygen atoms in total. The fraction of sp³-hybridized carbons (Fsp3) is 0.385. The van der Waals surface area contributed by atoms with Gasteiger partial charge in [-0.05, 0) is 48.7 Å². The summed E-state index contributed by atoms with van der Waals surface area (Å²) in [5.41, 5.74) is 1.85. The molecule has 174 valence electrons. The molecule has 0 bridgehead atoms. The Morgan fingerprint density at radius 2 is 1.76 bits per heavy atom. The molecule has 2 aromatic rings. The molecule has 5 rings (SSSR count). The molecular formula is C26H30N2O5. The summed E-state index contributed by atoms with van der Waals surface area (Å²) in [7, 11) is 0. The van der Waals surface area contributed by atoms with Gasteiger partial charge in [-0.3, -0.25) is 9.59 Å². The predicted octanol–water partition coefficient (Wildman–Crippen LogP) is 4.41. The Morgan fingerprint density at radius 1 is 1.03 bits per heavy atom. The number of nitrogens with zero attached hydrogens (tertiary/aromatic N) is 2. The molecule has 0 saturated carbocycles. The second kappa shape index (κ2) is 9.98. The van der Waals surface area contributed by atoms with Crippen molar-refractivity contribution >= 4 is 23.2 Å². The number of benzene rings is 2. The summed E-state index contributed by atoms with van der Waals surface area (Å²) in [5.74, 6) is 3.17. The van der Waals surface area contributed by atoms with Gasteiger partial charge in [-0.1, -0.05) is 26.5 Å². The molecule has 3 aliphatic rings. The molecule has 0 aliphatic carbocycles. The highest BCUT2D eigenvalue weighted by molar-refractivity contribution is 5.97. The summed E-state index contributed by atoms with van der Waals surface area (Å²) >= 11 is 0. The average Bonchev–Trinajstić information content (AvgIpc) is 3.54. The molecule has 0 N–H and O–H groups in total. The third-order valence-corrected chi connectivity index (χ3v) is 6.24. The van der Waals surface area contributed by atoms with E-state index in [1.165, 1.54) is 0 Å². The Bertz CT molecular complexity index is 1020. The monoisotopic (exact) mass is 450 g/mol. The molecule has 2 atom stereocenters. The third kappa shape index (κ3) is 4.97. The van der Waals surface area contributed by atoms with Crippen molar-refractivity contribution in [2.75, 3.05) is 36.3 Å².